The van der Waals surface area contributed by atoms with Crippen molar-refractivity contribution in [1.29, 1.82) is 0 Å². The lowest BCUT2D eigenvalue weighted by atomic mass is 9.90. The van der Waals surface area contributed by atoms with Gasteiger partial charge in [0.1, 0.15) is 5.76 Å². The van der Waals surface area contributed by atoms with Gasteiger partial charge in [0.15, 0.2) is 0 Å². The van der Waals surface area contributed by atoms with E-state index in [0.717, 1.165) is 5.76 Å². The molecule has 1 unspecified atom stereocenters. The molecule has 1 aromatic heterocycles. The molecule has 0 aliphatic rings. The average molecular weight is 307 g/mol. The summed E-state index contributed by atoms with van der Waals surface area (Å²) in [5.41, 5.74) is 8.00. The summed E-state index contributed by atoms with van der Waals surface area (Å²) < 4.78 is 5.42. The monoisotopic (exact) mass is 306 g/mol. The van der Waals surface area contributed by atoms with Gasteiger partial charge in [0.05, 0.1) is 11.1 Å². The van der Waals surface area contributed by atoms with Crippen LogP contribution in [0.25, 0.3) is 0 Å². The second-order valence-corrected chi connectivity index (χ2v) is 5.88. The van der Waals surface area contributed by atoms with Crippen LogP contribution < -0.4 is 0 Å². The molecule has 1 aromatic carbocycles. The smallest absolute Gasteiger partial charge is 0.105 e. The second kappa shape index (κ2) is 4.93. The Kier molecular flexibility index (Phi) is 3.67. The number of hydrogen-bond acceptors (Lipinski definition) is 1. The summed E-state index contributed by atoms with van der Waals surface area (Å²) in [5.74, 6) is 0.981. The zero-order chi connectivity index (χ0) is 13.4. The Morgan fingerprint density at radius 2 is 1.56 bits per heavy atom. The molecule has 1 nitrogen and oxygen atoms in total. The van der Waals surface area contributed by atoms with Gasteiger partial charge >= 0.3 is 0 Å². The van der Waals surface area contributed by atoms with E-state index >= 15 is 0 Å². The Hall–Kier alpha value is -1.02. The predicted octanol–water partition coefficient (Wildman–Crippen LogP) is 5.31. The van der Waals surface area contributed by atoms with Gasteiger partial charge in [-0.25, -0.2) is 0 Å². The van der Waals surface area contributed by atoms with Crippen LogP contribution in [0, 0.1) is 34.6 Å². The summed E-state index contributed by atoms with van der Waals surface area (Å²) in [4.78, 5) is 0.204. The maximum atomic E-state index is 5.42. The molecule has 0 fully saturated rings. The van der Waals surface area contributed by atoms with Gasteiger partial charge < -0.3 is 4.42 Å². The molecule has 0 aliphatic carbocycles. The van der Waals surface area contributed by atoms with Crippen LogP contribution in [0.1, 0.15) is 44.0 Å². The van der Waals surface area contributed by atoms with Gasteiger partial charge in [0.2, 0.25) is 0 Å². The summed E-state index contributed by atoms with van der Waals surface area (Å²) in [6.07, 6.45) is 1.76. The van der Waals surface area contributed by atoms with Gasteiger partial charge in [-0.05, 0) is 68.5 Å². The van der Waals surface area contributed by atoms with Crippen LogP contribution >= 0.6 is 15.9 Å². The van der Waals surface area contributed by atoms with E-state index in [9.17, 15) is 0 Å². The molecule has 0 spiro atoms. The molecule has 1 atom stereocenters. The maximum Gasteiger partial charge on any atom is 0.105 e. The fourth-order valence-corrected chi connectivity index (χ4v) is 3.60. The minimum atomic E-state index is 0.204. The standard InChI is InChI=1S/C16H19BrO/c1-9-8-10(2)12(4)15(11(9)3)16(17)14-6-7-18-13(14)5/h6-8,16H,1-5H3. The van der Waals surface area contributed by atoms with Crippen molar-refractivity contribution in [3.05, 3.63) is 57.5 Å². The zero-order valence-corrected chi connectivity index (χ0v) is 13.2. The van der Waals surface area contributed by atoms with Crippen molar-refractivity contribution >= 4 is 15.9 Å². The van der Waals surface area contributed by atoms with Crippen molar-refractivity contribution in [1.82, 2.24) is 0 Å². The Labute approximate surface area is 117 Å². The third-order valence-corrected chi connectivity index (χ3v) is 4.80. The predicted molar refractivity (Wildman–Crippen MR) is 79.6 cm³/mol. The highest BCUT2D eigenvalue weighted by Gasteiger charge is 2.20. The lowest BCUT2D eigenvalue weighted by Gasteiger charge is -2.19. The van der Waals surface area contributed by atoms with Crippen molar-refractivity contribution in [3.63, 3.8) is 0 Å². The number of halogens is 1. The Morgan fingerprint density at radius 1 is 1.00 bits per heavy atom. The van der Waals surface area contributed by atoms with Gasteiger partial charge in [-0.1, -0.05) is 22.0 Å². The summed E-state index contributed by atoms with van der Waals surface area (Å²) in [7, 11) is 0. The van der Waals surface area contributed by atoms with E-state index in [2.05, 4.69) is 49.7 Å². The van der Waals surface area contributed by atoms with Crippen LogP contribution in [-0.4, -0.2) is 0 Å². The first-order chi connectivity index (χ1) is 8.43. The first-order valence-corrected chi connectivity index (χ1v) is 7.10. The van der Waals surface area contributed by atoms with Crippen molar-refractivity contribution in [3.8, 4) is 0 Å². The van der Waals surface area contributed by atoms with E-state index in [4.69, 9.17) is 4.42 Å². The van der Waals surface area contributed by atoms with E-state index in [1.54, 1.807) is 6.26 Å². The Bertz CT molecular complexity index is 555. The summed E-state index contributed by atoms with van der Waals surface area (Å²) in [5, 5.41) is 0. The van der Waals surface area contributed by atoms with Crippen LogP contribution in [0.5, 0.6) is 0 Å². The second-order valence-electron chi connectivity index (χ2n) is 4.97. The van der Waals surface area contributed by atoms with Crippen molar-refractivity contribution < 1.29 is 4.42 Å². The van der Waals surface area contributed by atoms with E-state index in [0.29, 0.717) is 0 Å². The molecule has 0 bridgehead atoms. The molecule has 0 amide bonds. The van der Waals surface area contributed by atoms with Gasteiger partial charge in [-0.2, -0.15) is 0 Å². The molecule has 18 heavy (non-hydrogen) atoms. The third-order valence-electron chi connectivity index (χ3n) is 3.85. The van der Waals surface area contributed by atoms with Gasteiger partial charge in [0, 0.05) is 5.56 Å². The van der Waals surface area contributed by atoms with Gasteiger partial charge in [-0.15, -0.1) is 0 Å². The molecule has 0 radical (unpaired) electrons. The van der Waals surface area contributed by atoms with Crippen LogP contribution in [-0.2, 0) is 0 Å². The molecule has 0 saturated carbocycles. The summed E-state index contributed by atoms with van der Waals surface area (Å²) >= 11 is 3.83. The molecule has 96 valence electrons. The molecule has 0 saturated heterocycles. The first-order valence-electron chi connectivity index (χ1n) is 6.18. The van der Waals surface area contributed by atoms with Gasteiger partial charge in [-0.3, -0.25) is 0 Å². The minimum absolute atomic E-state index is 0.204. The highest BCUT2D eigenvalue weighted by molar-refractivity contribution is 9.09. The van der Waals surface area contributed by atoms with Crippen LogP contribution in [0.15, 0.2) is 22.8 Å². The first kappa shape index (κ1) is 13.4. The molecule has 2 aromatic rings. The summed E-state index contributed by atoms with van der Waals surface area (Å²) in [6.45, 7) is 10.7. The fraction of sp³-hybridized carbons (Fsp3) is 0.375. The largest absolute Gasteiger partial charge is 0.469 e. The number of hydrogen-bond donors (Lipinski definition) is 0. The molecule has 0 aliphatic heterocycles. The quantitative estimate of drug-likeness (QED) is 0.686. The van der Waals surface area contributed by atoms with Gasteiger partial charge in [0.25, 0.3) is 0 Å². The zero-order valence-electron chi connectivity index (χ0n) is 11.6. The van der Waals surface area contributed by atoms with E-state index in [-0.39, 0.29) is 4.83 Å². The maximum absolute atomic E-state index is 5.42. The fourth-order valence-electron chi connectivity index (χ4n) is 2.44. The molecular weight excluding hydrogens is 288 g/mol. The number of aryl methyl sites for hydroxylation is 3. The van der Waals surface area contributed by atoms with E-state index in [1.807, 2.05) is 13.0 Å². The number of alkyl halides is 1. The van der Waals surface area contributed by atoms with Crippen LogP contribution in [0.3, 0.4) is 0 Å². The van der Waals surface area contributed by atoms with Crippen molar-refractivity contribution in [2.75, 3.05) is 0 Å². The van der Waals surface area contributed by atoms with E-state index < -0.39 is 0 Å². The SMILES string of the molecule is Cc1cc(C)c(C)c(C(Br)c2ccoc2C)c1C. The Balaban J connectivity index is 2.61. The Morgan fingerprint density at radius 3 is 2.00 bits per heavy atom. The highest BCUT2D eigenvalue weighted by Crippen LogP contribution is 2.38. The lowest BCUT2D eigenvalue weighted by molar-refractivity contribution is 0.530. The highest BCUT2D eigenvalue weighted by atomic mass is 79.9. The summed E-state index contributed by atoms with van der Waals surface area (Å²) in [6, 6.07) is 4.31. The van der Waals surface area contributed by atoms with Crippen LogP contribution in [0.4, 0.5) is 0 Å². The number of furan rings is 1. The normalized spacial score (nSPS) is 12.8. The number of benzene rings is 1. The number of rotatable bonds is 2. The molecule has 2 rings (SSSR count). The average Bonchev–Trinajstić information content (AvgIpc) is 2.73. The van der Waals surface area contributed by atoms with Crippen molar-refractivity contribution in [2.24, 2.45) is 0 Å². The molecule has 2 heteroatoms. The van der Waals surface area contributed by atoms with Crippen molar-refractivity contribution in [2.45, 2.75) is 39.4 Å². The third kappa shape index (κ3) is 2.14. The lowest BCUT2D eigenvalue weighted by Crippen LogP contribution is -2.03. The van der Waals surface area contributed by atoms with Crippen LogP contribution in [0.2, 0.25) is 0 Å². The van der Waals surface area contributed by atoms with E-state index in [1.165, 1.54) is 33.4 Å². The molecule has 0 N–H and O–H groups in total. The topological polar surface area (TPSA) is 13.1 Å². The molecule has 1 heterocycles. The minimum Gasteiger partial charge on any atom is -0.469 e. The molecular formula is C16H19BrO.